The topological polar surface area (TPSA) is 50.8 Å². The number of hydrogen-bond acceptors (Lipinski definition) is 5. The fourth-order valence-electron chi connectivity index (χ4n) is 3.28. The fraction of sp³-hybridized carbons (Fsp3) is 0.933. The summed E-state index contributed by atoms with van der Waals surface area (Å²) in [6.45, 7) is 4.98. The predicted molar refractivity (Wildman–Crippen MR) is 77.6 cm³/mol. The lowest BCUT2D eigenvalue weighted by Crippen LogP contribution is -2.61. The third-order valence-corrected chi connectivity index (χ3v) is 4.63. The van der Waals surface area contributed by atoms with E-state index >= 15 is 0 Å². The van der Waals surface area contributed by atoms with Crippen LogP contribution >= 0.6 is 0 Å². The largest absolute Gasteiger partial charge is 0.465 e. The van der Waals surface area contributed by atoms with E-state index in [4.69, 9.17) is 9.47 Å². The Morgan fingerprint density at radius 3 is 2.70 bits per heavy atom. The molecule has 2 unspecified atom stereocenters. The molecule has 1 saturated heterocycles. The second kappa shape index (κ2) is 6.87. The smallest absolute Gasteiger partial charge is 0.327 e. The molecule has 0 aromatic rings. The van der Waals surface area contributed by atoms with Gasteiger partial charge in [-0.2, -0.15) is 0 Å². The summed E-state index contributed by atoms with van der Waals surface area (Å²) in [7, 11) is 3.65. The molecule has 0 spiro atoms. The van der Waals surface area contributed by atoms with E-state index in [9.17, 15) is 4.79 Å². The van der Waals surface area contributed by atoms with Gasteiger partial charge >= 0.3 is 5.97 Å². The van der Waals surface area contributed by atoms with Crippen LogP contribution in [-0.2, 0) is 14.3 Å². The summed E-state index contributed by atoms with van der Waals surface area (Å²) in [5.74, 6) is 0.319. The molecule has 0 aromatic carbocycles. The van der Waals surface area contributed by atoms with Crippen LogP contribution in [0.5, 0.6) is 0 Å². The maximum atomic E-state index is 12.5. The van der Waals surface area contributed by atoms with Gasteiger partial charge in [0, 0.05) is 20.2 Å². The van der Waals surface area contributed by atoms with Crippen molar-refractivity contribution in [1.82, 2.24) is 10.2 Å². The summed E-state index contributed by atoms with van der Waals surface area (Å²) in [6.07, 6.45) is 4.76. The van der Waals surface area contributed by atoms with Gasteiger partial charge in [-0.15, -0.1) is 0 Å². The van der Waals surface area contributed by atoms with Gasteiger partial charge in [0.15, 0.2) is 0 Å². The lowest BCUT2D eigenvalue weighted by atomic mass is 9.91. The summed E-state index contributed by atoms with van der Waals surface area (Å²) < 4.78 is 10.8. The number of carbonyl (C=O) groups excluding carboxylic acids is 1. The van der Waals surface area contributed by atoms with Gasteiger partial charge in [-0.1, -0.05) is 0 Å². The fourth-order valence-corrected chi connectivity index (χ4v) is 3.28. The molecule has 116 valence electrons. The minimum atomic E-state index is -0.536. The minimum absolute atomic E-state index is 0.0930. The van der Waals surface area contributed by atoms with Gasteiger partial charge < -0.3 is 14.8 Å². The number of esters is 1. The Hall–Kier alpha value is -0.650. The molecule has 2 atom stereocenters. The molecule has 1 N–H and O–H groups in total. The molecule has 20 heavy (non-hydrogen) atoms. The van der Waals surface area contributed by atoms with E-state index in [1.165, 1.54) is 0 Å². The second-order valence-electron chi connectivity index (χ2n) is 5.95. The predicted octanol–water partition coefficient (Wildman–Crippen LogP) is 1.03. The summed E-state index contributed by atoms with van der Waals surface area (Å²) in [5.41, 5.74) is -0.536. The molecular weight excluding hydrogens is 256 g/mol. The highest BCUT2D eigenvalue weighted by Crippen LogP contribution is 2.41. The first kappa shape index (κ1) is 15.7. The van der Waals surface area contributed by atoms with E-state index in [2.05, 4.69) is 10.2 Å². The van der Waals surface area contributed by atoms with Crippen LogP contribution in [0.3, 0.4) is 0 Å². The summed E-state index contributed by atoms with van der Waals surface area (Å²) in [6, 6.07) is 0. The third kappa shape index (κ3) is 3.32. The normalized spacial score (nSPS) is 27.1. The van der Waals surface area contributed by atoms with Crippen LogP contribution in [0.1, 0.15) is 32.6 Å². The Morgan fingerprint density at radius 2 is 2.15 bits per heavy atom. The lowest BCUT2D eigenvalue weighted by molar-refractivity contribution is -0.153. The first-order valence-electron chi connectivity index (χ1n) is 7.77. The quantitative estimate of drug-likeness (QED) is 0.708. The third-order valence-electron chi connectivity index (χ3n) is 4.63. The van der Waals surface area contributed by atoms with E-state index in [1.807, 2.05) is 14.0 Å². The summed E-state index contributed by atoms with van der Waals surface area (Å²) in [4.78, 5) is 14.8. The van der Waals surface area contributed by atoms with Crippen molar-refractivity contribution in [3.63, 3.8) is 0 Å². The zero-order chi connectivity index (χ0) is 14.6. The number of likely N-dealkylation sites (N-methyl/N-ethyl adjacent to an activating group) is 1. The molecular formula is C15H28N2O3. The monoisotopic (exact) mass is 284 g/mol. The number of nitrogens with zero attached hydrogens (tertiary/aromatic N) is 1. The first-order valence-corrected chi connectivity index (χ1v) is 7.77. The minimum Gasteiger partial charge on any atom is -0.465 e. The van der Waals surface area contributed by atoms with Crippen molar-refractivity contribution in [2.45, 2.75) is 44.2 Å². The molecule has 1 aliphatic heterocycles. The SMILES string of the molecule is CCOC(=O)C(CN1CCCC(OC)C1)(NC)C1CC1. The lowest BCUT2D eigenvalue weighted by Gasteiger charge is -2.39. The van der Waals surface area contributed by atoms with E-state index in [0.29, 0.717) is 18.6 Å². The molecule has 5 nitrogen and oxygen atoms in total. The van der Waals surface area contributed by atoms with Crippen molar-refractivity contribution >= 4 is 5.97 Å². The molecule has 2 rings (SSSR count). The summed E-state index contributed by atoms with van der Waals surface area (Å²) in [5, 5.41) is 3.29. The number of hydrogen-bond donors (Lipinski definition) is 1. The van der Waals surface area contributed by atoms with Crippen LogP contribution in [0.4, 0.5) is 0 Å². The van der Waals surface area contributed by atoms with Crippen molar-refractivity contribution in [2.24, 2.45) is 5.92 Å². The zero-order valence-corrected chi connectivity index (χ0v) is 13.0. The van der Waals surface area contributed by atoms with Gasteiger partial charge in [-0.25, -0.2) is 4.79 Å². The van der Waals surface area contributed by atoms with Crippen molar-refractivity contribution in [1.29, 1.82) is 0 Å². The molecule has 0 bridgehead atoms. The number of nitrogens with one attached hydrogen (secondary N) is 1. The highest BCUT2D eigenvalue weighted by Gasteiger charge is 2.52. The van der Waals surface area contributed by atoms with E-state index in [1.54, 1.807) is 7.11 Å². The van der Waals surface area contributed by atoms with Crippen LogP contribution in [0.25, 0.3) is 0 Å². The van der Waals surface area contributed by atoms with Gasteiger partial charge in [-0.05, 0) is 52.1 Å². The van der Waals surface area contributed by atoms with Gasteiger partial charge in [0.25, 0.3) is 0 Å². The van der Waals surface area contributed by atoms with E-state index < -0.39 is 5.54 Å². The molecule has 1 aliphatic carbocycles. The van der Waals surface area contributed by atoms with E-state index in [0.717, 1.165) is 45.3 Å². The number of methoxy groups -OCH3 is 1. The Bertz CT molecular complexity index is 333. The molecule has 2 aliphatic rings. The standard InChI is InChI=1S/C15H28N2O3/c1-4-20-14(18)15(16-2,12-7-8-12)11-17-9-5-6-13(10-17)19-3/h12-13,16H,4-11H2,1-3H3. The molecule has 1 heterocycles. The Morgan fingerprint density at radius 1 is 1.40 bits per heavy atom. The van der Waals surface area contributed by atoms with Crippen molar-refractivity contribution in [3.05, 3.63) is 0 Å². The van der Waals surface area contributed by atoms with Crippen LogP contribution in [-0.4, -0.2) is 62.9 Å². The average Bonchev–Trinajstić information content (AvgIpc) is 3.30. The number of likely N-dealkylation sites (tertiary alicyclic amines) is 1. The maximum absolute atomic E-state index is 12.5. The van der Waals surface area contributed by atoms with Crippen LogP contribution in [0, 0.1) is 5.92 Å². The van der Waals surface area contributed by atoms with Crippen molar-refractivity contribution < 1.29 is 14.3 Å². The average molecular weight is 284 g/mol. The van der Waals surface area contributed by atoms with Gasteiger partial charge in [0.1, 0.15) is 5.54 Å². The van der Waals surface area contributed by atoms with E-state index in [-0.39, 0.29) is 5.97 Å². The number of carbonyl (C=O) groups is 1. The van der Waals surface area contributed by atoms with Crippen molar-refractivity contribution in [3.8, 4) is 0 Å². The number of piperidine rings is 1. The van der Waals surface area contributed by atoms with Crippen LogP contribution < -0.4 is 5.32 Å². The number of ether oxygens (including phenoxy) is 2. The first-order chi connectivity index (χ1) is 9.66. The molecule has 5 heteroatoms. The zero-order valence-electron chi connectivity index (χ0n) is 13.0. The highest BCUT2D eigenvalue weighted by atomic mass is 16.5. The molecule has 0 radical (unpaired) electrons. The Balaban J connectivity index is 2.05. The maximum Gasteiger partial charge on any atom is 0.327 e. The second-order valence-corrected chi connectivity index (χ2v) is 5.95. The van der Waals surface area contributed by atoms with Gasteiger partial charge in [0.2, 0.25) is 0 Å². The van der Waals surface area contributed by atoms with Crippen LogP contribution in [0.15, 0.2) is 0 Å². The Kier molecular flexibility index (Phi) is 5.41. The molecule has 1 saturated carbocycles. The van der Waals surface area contributed by atoms with Crippen molar-refractivity contribution in [2.75, 3.05) is 40.4 Å². The van der Waals surface area contributed by atoms with Gasteiger partial charge in [-0.3, -0.25) is 4.90 Å². The highest BCUT2D eigenvalue weighted by molar-refractivity contribution is 5.82. The summed E-state index contributed by atoms with van der Waals surface area (Å²) >= 11 is 0. The molecule has 2 fully saturated rings. The number of rotatable bonds is 7. The molecule has 0 amide bonds. The van der Waals surface area contributed by atoms with Crippen LogP contribution in [0.2, 0.25) is 0 Å². The Labute approximate surface area is 122 Å². The molecule has 0 aromatic heterocycles. The van der Waals surface area contributed by atoms with Gasteiger partial charge in [0.05, 0.1) is 12.7 Å².